The highest BCUT2D eigenvalue weighted by molar-refractivity contribution is 7.80. The fourth-order valence-corrected chi connectivity index (χ4v) is 2.05. The number of hydrogen-bond acceptors (Lipinski definition) is 3. The number of carbonyl (C=O) groups is 1. The summed E-state index contributed by atoms with van der Waals surface area (Å²) >= 11 is 4.86. The van der Waals surface area contributed by atoms with Gasteiger partial charge in [0.15, 0.2) is 0 Å². The van der Waals surface area contributed by atoms with Gasteiger partial charge in [-0.15, -0.1) is 0 Å². The summed E-state index contributed by atoms with van der Waals surface area (Å²) < 4.78 is 5.57. The first-order valence-electron chi connectivity index (χ1n) is 6.63. The largest absolute Gasteiger partial charge is 0.493 e. The summed E-state index contributed by atoms with van der Waals surface area (Å²) in [5.74, 6) is 0.818. The summed E-state index contributed by atoms with van der Waals surface area (Å²) in [6, 6.07) is 7.78. The van der Waals surface area contributed by atoms with Crippen molar-refractivity contribution in [2.45, 2.75) is 32.7 Å². The molecule has 0 fully saturated rings. The minimum absolute atomic E-state index is 0.0129. The fraction of sp³-hybridized carbons (Fsp3) is 0.467. The van der Waals surface area contributed by atoms with E-state index in [0.29, 0.717) is 24.4 Å². The maximum atomic E-state index is 12.0. The van der Waals surface area contributed by atoms with Crippen LogP contribution in [0.25, 0.3) is 0 Å². The third-order valence-electron chi connectivity index (χ3n) is 3.13. The Labute approximate surface area is 125 Å². The molecule has 1 aromatic rings. The molecule has 110 valence electrons. The van der Waals surface area contributed by atoms with Crippen LogP contribution in [0.1, 0.15) is 25.3 Å². The highest BCUT2D eigenvalue weighted by Gasteiger charge is 2.16. The van der Waals surface area contributed by atoms with Crippen LogP contribution in [0.2, 0.25) is 0 Å². The van der Waals surface area contributed by atoms with Crippen molar-refractivity contribution in [2.75, 3.05) is 13.7 Å². The molecule has 4 nitrogen and oxygen atoms in total. The lowest BCUT2D eigenvalue weighted by atomic mass is 10.2. The molecular formula is C15H22N2O2S. The molecular weight excluding hydrogens is 272 g/mol. The molecule has 0 radical (unpaired) electrons. The van der Waals surface area contributed by atoms with Crippen molar-refractivity contribution >= 4 is 23.1 Å². The molecule has 0 spiro atoms. The molecule has 1 atom stereocenters. The average Bonchev–Trinajstić information content (AvgIpc) is 2.37. The Balaban J connectivity index is 2.37. The molecule has 0 bridgehead atoms. The van der Waals surface area contributed by atoms with E-state index in [9.17, 15) is 4.79 Å². The number of rotatable bonds is 7. The van der Waals surface area contributed by atoms with Gasteiger partial charge in [-0.1, -0.05) is 24.4 Å². The Kier molecular flexibility index (Phi) is 6.45. The van der Waals surface area contributed by atoms with Crippen LogP contribution in [0.3, 0.4) is 0 Å². The zero-order valence-electron chi connectivity index (χ0n) is 12.3. The number of benzene rings is 1. The minimum atomic E-state index is 0.0129. The zero-order valence-corrected chi connectivity index (χ0v) is 13.1. The molecule has 0 aromatic heterocycles. The summed E-state index contributed by atoms with van der Waals surface area (Å²) in [6.45, 7) is 4.30. The number of carbonyl (C=O) groups excluding carboxylic acids is 1. The lowest BCUT2D eigenvalue weighted by molar-refractivity contribution is -0.132. The van der Waals surface area contributed by atoms with E-state index in [1.54, 1.807) is 11.9 Å². The molecule has 0 saturated heterocycles. The molecule has 1 unspecified atom stereocenters. The van der Waals surface area contributed by atoms with Gasteiger partial charge in [-0.3, -0.25) is 4.79 Å². The van der Waals surface area contributed by atoms with Crippen molar-refractivity contribution in [3.8, 4) is 5.75 Å². The third-order valence-corrected chi connectivity index (χ3v) is 3.29. The van der Waals surface area contributed by atoms with Crippen LogP contribution in [-0.4, -0.2) is 35.5 Å². The Hall–Kier alpha value is -1.62. The Bertz CT molecular complexity index is 477. The molecule has 1 rings (SSSR count). The zero-order chi connectivity index (χ0) is 15.1. The summed E-state index contributed by atoms with van der Waals surface area (Å²) in [6.07, 6.45) is 0.877. The predicted octanol–water partition coefficient (Wildman–Crippen LogP) is 2.29. The standard InChI is InChI=1S/C15H22N2O2S/c1-11-5-4-6-13(9-11)19-8-7-15(18)17(3)12(2)10-14(16)20/h4-6,9,12H,7-8,10H2,1-3H3,(H2,16,20). The van der Waals surface area contributed by atoms with E-state index in [0.717, 1.165) is 11.3 Å². The Morgan fingerprint density at radius 3 is 2.80 bits per heavy atom. The van der Waals surface area contributed by atoms with E-state index < -0.39 is 0 Å². The number of nitrogens with zero attached hydrogens (tertiary/aromatic N) is 1. The monoisotopic (exact) mass is 294 g/mol. The summed E-state index contributed by atoms with van der Waals surface area (Å²) in [4.78, 5) is 14.1. The van der Waals surface area contributed by atoms with Crippen LogP contribution in [0.15, 0.2) is 24.3 Å². The molecule has 1 amide bonds. The van der Waals surface area contributed by atoms with Crippen LogP contribution < -0.4 is 10.5 Å². The molecule has 0 aliphatic heterocycles. The minimum Gasteiger partial charge on any atom is -0.493 e. The first-order valence-corrected chi connectivity index (χ1v) is 7.04. The van der Waals surface area contributed by atoms with Crippen molar-refractivity contribution < 1.29 is 9.53 Å². The first-order chi connectivity index (χ1) is 9.40. The molecule has 0 heterocycles. The maximum absolute atomic E-state index is 12.0. The Morgan fingerprint density at radius 2 is 2.20 bits per heavy atom. The summed E-state index contributed by atoms with van der Waals surface area (Å²) in [5, 5.41) is 0. The van der Waals surface area contributed by atoms with Gasteiger partial charge in [0.25, 0.3) is 0 Å². The highest BCUT2D eigenvalue weighted by atomic mass is 32.1. The fourth-order valence-electron chi connectivity index (χ4n) is 1.81. The number of aryl methyl sites for hydroxylation is 1. The van der Waals surface area contributed by atoms with E-state index in [1.165, 1.54) is 0 Å². The lowest BCUT2D eigenvalue weighted by Gasteiger charge is -2.24. The number of nitrogens with two attached hydrogens (primary N) is 1. The van der Waals surface area contributed by atoms with Crippen molar-refractivity contribution in [2.24, 2.45) is 5.73 Å². The molecule has 1 aromatic carbocycles. The summed E-state index contributed by atoms with van der Waals surface area (Å²) in [5.41, 5.74) is 6.63. The van der Waals surface area contributed by atoms with Crippen LogP contribution in [0, 0.1) is 6.92 Å². The van der Waals surface area contributed by atoms with E-state index in [1.807, 2.05) is 38.1 Å². The van der Waals surface area contributed by atoms with Crippen molar-refractivity contribution in [3.05, 3.63) is 29.8 Å². The number of amides is 1. The predicted molar refractivity (Wildman–Crippen MR) is 84.9 cm³/mol. The molecule has 20 heavy (non-hydrogen) atoms. The second-order valence-electron chi connectivity index (χ2n) is 4.94. The van der Waals surface area contributed by atoms with E-state index in [2.05, 4.69) is 0 Å². The lowest BCUT2D eigenvalue weighted by Crippen LogP contribution is -2.37. The summed E-state index contributed by atoms with van der Waals surface area (Å²) in [7, 11) is 1.76. The van der Waals surface area contributed by atoms with Gasteiger partial charge >= 0.3 is 0 Å². The second-order valence-corrected chi connectivity index (χ2v) is 5.46. The van der Waals surface area contributed by atoms with Crippen LogP contribution in [0.4, 0.5) is 0 Å². The second kappa shape index (κ2) is 7.85. The van der Waals surface area contributed by atoms with Gasteiger partial charge in [0, 0.05) is 19.5 Å². The van der Waals surface area contributed by atoms with Gasteiger partial charge in [-0.2, -0.15) is 0 Å². The average molecular weight is 294 g/mol. The van der Waals surface area contributed by atoms with E-state index in [-0.39, 0.29) is 11.9 Å². The molecule has 0 aliphatic rings. The van der Waals surface area contributed by atoms with Gasteiger partial charge in [-0.25, -0.2) is 0 Å². The molecule has 2 N–H and O–H groups in total. The quantitative estimate of drug-likeness (QED) is 0.784. The third kappa shape index (κ3) is 5.57. The van der Waals surface area contributed by atoms with Crippen molar-refractivity contribution in [3.63, 3.8) is 0 Å². The van der Waals surface area contributed by atoms with Gasteiger partial charge in [-0.05, 0) is 31.5 Å². The number of hydrogen-bond donors (Lipinski definition) is 1. The van der Waals surface area contributed by atoms with Crippen molar-refractivity contribution in [1.82, 2.24) is 4.90 Å². The van der Waals surface area contributed by atoms with Crippen molar-refractivity contribution in [1.29, 1.82) is 0 Å². The molecule has 5 heteroatoms. The van der Waals surface area contributed by atoms with Gasteiger partial charge in [0.05, 0.1) is 18.0 Å². The highest BCUT2D eigenvalue weighted by Crippen LogP contribution is 2.13. The van der Waals surface area contributed by atoms with Crippen LogP contribution in [-0.2, 0) is 4.79 Å². The maximum Gasteiger partial charge on any atom is 0.225 e. The number of ether oxygens (including phenoxy) is 1. The SMILES string of the molecule is Cc1cccc(OCCC(=O)N(C)C(C)CC(N)=S)c1. The number of thiocarbonyl (C=S) groups is 1. The Morgan fingerprint density at radius 1 is 1.50 bits per heavy atom. The van der Waals surface area contributed by atoms with E-state index in [4.69, 9.17) is 22.7 Å². The topological polar surface area (TPSA) is 55.6 Å². The van der Waals surface area contributed by atoms with Gasteiger partial charge in [0.2, 0.25) is 5.91 Å². The molecule has 0 aliphatic carbocycles. The van der Waals surface area contributed by atoms with Crippen LogP contribution >= 0.6 is 12.2 Å². The smallest absolute Gasteiger partial charge is 0.225 e. The normalized spacial score (nSPS) is 11.8. The first kappa shape index (κ1) is 16.4. The molecule has 0 saturated carbocycles. The van der Waals surface area contributed by atoms with Gasteiger partial charge < -0.3 is 15.4 Å². The van der Waals surface area contributed by atoms with E-state index >= 15 is 0 Å². The van der Waals surface area contributed by atoms with Gasteiger partial charge in [0.1, 0.15) is 5.75 Å². The van der Waals surface area contributed by atoms with Crippen LogP contribution in [0.5, 0.6) is 5.75 Å².